The molecule has 0 aliphatic heterocycles. The first-order chi connectivity index (χ1) is 16.2. The second-order valence-corrected chi connectivity index (χ2v) is 6.89. The summed E-state index contributed by atoms with van der Waals surface area (Å²) in [5.41, 5.74) is 3.41. The van der Waals surface area contributed by atoms with Crippen molar-refractivity contribution in [1.29, 1.82) is 0 Å². The van der Waals surface area contributed by atoms with Crippen LogP contribution in [-0.2, 0) is 4.79 Å². The number of carbonyl (C=O) groups excluding carboxylic acids is 1. The summed E-state index contributed by atoms with van der Waals surface area (Å²) in [5, 5.41) is 3.79. The van der Waals surface area contributed by atoms with Gasteiger partial charge < -0.3 is 15.2 Å². The third kappa shape index (κ3) is 4.06. The fraction of sp³-hybridized carbons (Fsp3) is 0.0833. The molecule has 0 atom stereocenters. The summed E-state index contributed by atoms with van der Waals surface area (Å²) in [7, 11) is 0. The van der Waals surface area contributed by atoms with Crippen molar-refractivity contribution in [2.75, 3.05) is 17.2 Å². The van der Waals surface area contributed by atoms with Gasteiger partial charge in [0, 0.05) is 45.8 Å². The van der Waals surface area contributed by atoms with E-state index in [0.29, 0.717) is 27.6 Å². The molecule has 0 aliphatic rings. The van der Waals surface area contributed by atoms with Crippen molar-refractivity contribution in [3.8, 4) is 11.1 Å². The number of pyridine rings is 1. The molecule has 4 aromatic rings. The van der Waals surface area contributed by atoms with Crippen LogP contribution in [0.1, 0.15) is 9.68 Å². The van der Waals surface area contributed by atoms with Crippen LogP contribution in [0.5, 0.6) is 0 Å². The van der Waals surface area contributed by atoms with Crippen molar-refractivity contribution >= 4 is 34.1 Å². The smallest absolute Gasteiger partial charge is 0.256 e. The molecule has 2 heterocycles. The molecule has 0 saturated carbocycles. The van der Waals surface area contributed by atoms with Gasteiger partial charge in [-0.05, 0) is 60.5 Å². The number of amides is 1. The van der Waals surface area contributed by atoms with Crippen molar-refractivity contribution in [3.63, 3.8) is 0 Å². The van der Waals surface area contributed by atoms with Gasteiger partial charge in [-0.3, -0.25) is 9.59 Å². The van der Waals surface area contributed by atoms with E-state index in [1.54, 1.807) is 30.6 Å². The molecule has 0 saturated heterocycles. The molecule has 4 rings (SSSR count). The van der Waals surface area contributed by atoms with Gasteiger partial charge in [-0.25, -0.2) is 9.97 Å². The van der Waals surface area contributed by atoms with E-state index < -0.39 is 12.9 Å². The van der Waals surface area contributed by atoms with E-state index in [4.69, 9.17) is 4.11 Å². The maximum atomic E-state index is 12.3. The van der Waals surface area contributed by atoms with Crippen LogP contribution < -0.4 is 15.8 Å². The number of nitrogens with one attached hydrogen (secondary N) is 2. The highest BCUT2D eigenvalue weighted by Gasteiger charge is 2.10. The number of aromatic amines is 1. The Hall–Kier alpha value is -4.26. The number of fused-ring (bicyclic) bond motifs is 1. The molecular weight excluding hydrogens is 390 g/mol. The summed E-state index contributed by atoms with van der Waals surface area (Å²) in [5.74, 6) is -0.441. The third-order valence-corrected chi connectivity index (χ3v) is 4.79. The fourth-order valence-corrected chi connectivity index (χ4v) is 3.26. The Morgan fingerprint density at radius 2 is 2.13 bits per heavy atom. The van der Waals surface area contributed by atoms with Gasteiger partial charge in [0.1, 0.15) is 0 Å². The van der Waals surface area contributed by atoms with Gasteiger partial charge in [0.2, 0.25) is 11.9 Å². The van der Waals surface area contributed by atoms with E-state index in [2.05, 4.69) is 26.8 Å². The molecule has 0 bridgehead atoms. The summed E-state index contributed by atoms with van der Waals surface area (Å²) in [6.45, 7) is 2.59. The lowest BCUT2D eigenvalue weighted by Gasteiger charge is -2.16. The minimum Gasteiger partial charge on any atom is -0.329 e. The maximum absolute atomic E-state index is 12.3. The normalized spacial score (nSPS) is 12.5. The Morgan fingerprint density at radius 3 is 2.90 bits per heavy atom. The molecule has 7 nitrogen and oxygen atoms in total. The quantitative estimate of drug-likeness (QED) is 0.478. The van der Waals surface area contributed by atoms with Gasteiger partial charge >= 0.3 is 0 Å². The van der Waals surface area contributed by atoms with Crippen molar-refractivity contribution in [1.82, 2.24) is 15.0 Å². The number of anilines is 3. The highest BCUT2D eigenvalue weighted by atomic mass is 16.2. The molecule has 0 aliphatic carbocycles. The minimum absolute atomic E-state index is 0.167. The first-order valence-corrected chi connectivity index (χ1v) is 9.46. The summed E-state index contributed by atoms with van der Waals surface area (Å²) in [6.07, 6.45) is 4.21. The lowest BCUT2D eigenvalue weighted by Crippen LogP contribution is -2.23. The van der Waals surface area contributed by atoms with Crippen LogP contribution in [-0.4, -0.2) is 27.8 Å². The second-order valence-electron chi connectivity index (χ2n) is 6.89. The monoisotopic (exact) mass is 414 g/mol. The van der Waals surface area contributed by atoms with E-state index >= 15 is 0 Å². The third-order valence-electron chi connectivity index (χ3n) is 4.79. The standard InChI is InChI=1S/C24H21N5O2/c1-4-21(30)29(3)19-7-5-6-18(13-19)27-24-26-14-17-12-16(8-9-20(17)28-24)22-15(2)10-11-25-23(22)31/h4-14H,1H2,2-3H3,(H,25,31)(H,26,27,28)/i3D3. The molecule has 0 fully saturated rings. The Labute approximate surface area is 183 Å². The first-order valence-electron chi connectivity index (χ1n) is 11.0. The second kappa shape index (κ2) is 8.23. The predicted octanol–water partition coefficient (Wildman–Crippen LogP) is 4.19. The first kappa shape index (κ1) is 16.5. The van der Waals surface area contributed by atoms with E-state index in [9.17, 15) is 9.59 Å². The number of carbonyl (C=O) groups is 1. The summed E-state index contributed by atoms with van der Waals surface area (Å²) < 4.78 is 23.0. The van der Waals surface area contributed by atoms with Crippen LogP contribution in [0.15, 0.2) is 78.4 Å². The molecule has 154 valence electrons. The molecule has 0 radical (unpaired) electrons. The van der Waals surface area contributed by atoms with E-state index in [1.165, 1.54) is 12.1 Å². The van der Waals surface area contributed by atoms with Crippen LogP contribution in [0.3, 0.4) is 0 Å². The maximum Gasteiger partial charge on any atom is 0.256 e. The molecule has 2 aromatic carbocycles. The largest absolute Gasteiger partial charge is 0.329 e. The van der Waals surface area contributed by atoms with Crippen LogP contribution in [0.4, 0.5) is 17.3 Å². The lowest BCUT2D eigenvalue weighted by molar-refractivity contribution is -0.113. The van der Waals surface area contributed by atoms with Crippen molar-refractivity contribution < 1.29 is 8.91 Å². The van der Waals surface area contributed by atoms with Gasteiger partial charge in [0.15, 0.2) is 0 Å². The van der Waals surface area contributed by atoms with E-state index in [1.807, 2.05) is 25.1 Å². The molecule has 7 heteroatoms. The zero-order valence-corrected chi connectivity index (χ0v) is 16.7. The highest BCUT2D eigenvalue weighted by Crippen LogP contribution is 2.25. The lowest BCUT2D eigenvalue weighted by atomic mass is 10.0. The Bertz CT molecular complexity index is 1460. The van der Waals surface area contributed by atoms with E-state index in [-0.39, 0.29) is 11.2 Å². The topological polar surface area (TPSA) is 91.0 Å². The summed E-state index contributed by atoms with van der Waals surface area (Å²) in [6, 6.07) is 13.7. The molecule has 31 heavy (non-hydrogen) atoms. The predicted molar refractivity (Wildman–Crippen MR) is 124 cm³/mol. The molecule has 0 spiro atoms. The van der Waals surface area contributed by atoms with E-state index in [0.717, 1.165) is 22.6 Å². The molecular formula is C24H21N5O2. The average molecular weight is 414 g/mol. The molecule has 2 aromatic heterocycles. The summed E-state index contributed by atoms with van der Waals surface area (Å²) >= 11 is 0. The number of H-pyrrole nitrogens is 1. The fourth-order valence-electron chi connectivity index (χ4n) is 3.26. The van der Waals surface area contributed by atoms with Crippen molar-refractivity contribution in [2.45, 2.75) is 6.92 Å². The SMILES string of the molecule is [2H]C([2H])([2H])N(C(=O)C=C)c1cccc(Nc2ncc3cc(-c4c(C)cc[nH]c4=O)ccc3n2)c1. The Kier molecular flexibility index (Phi) is 4.39. The van der Waals surface area contributed by atoms with Gasteiger partial charge in [-0.2, -0.15) is 0 Å². The van der Waals surface area contributed by atoms with Gasteiger partial charge in [-0.15, -0.1) is 0 Å². The van der Waals surface area contributed by atoms with Gasteiger partial charge in [-0.1, -0.05) is 18.7 Å². The Morgan fingerprint density at radius 1 is 1.26 bits per heavy atom. The number of hydrogen-bond donors (Lipinski definition) is 2. The number of likely N-dealkylation sites (N-methyl/N-ethyl adjacent to an activating group) is 1. The number of benzene rings is 2. The summed E-state index contributed by atoms with van der Waals surface area (Å²) in [4.78, 5) is 36.6. The number of hydrogen-bond acceptors (Lipinski definition) is 5. The van der Waals surface area contributed by atoms with Crippen LogP contribution in [0.25, 0.3) is 22.0 Å². The highest BCUT2D eigenvalue weighted by molar-refractivity contribution is 6.00. The molecule has 2 N–H and O–H groups in total. The van der Waals surface area contributed by atoms with Crippen molar-refractivity contribution in [3.05, 3.63) is 89.5 Å². The van der Waals surface area contributed by atoms with Crippen molar-refractivity contribution in [2.24, 2.45) is 0 Å². The Balaban J connectivity index is 1.64. The van der Waals surface area contributed by atoms with Crippen LogP contribution in [0, 0.1) is 6.92 Å². The zero-order valence-electron chi connectivity index (χ0n) is 19.7. The van der Waals surface area contributed by atoms with Gasteiger partial charge in [0.05, 0.1) is 5.52 Å². The number of aryl methyl sites for hydroxylation is 1. The van der Waals surface area contributed by atoms with Gasteiger partial charge in [0.25, 0.3) is 5.56 Å². The molecule has 1 amide bonds. The van der Waals surface area contributed by atoms with Crippen LogP contribution >= 0.6 is 0 Å². The average Bonchev–Trinajstić information content (AvgIpc) is 2.78. The minimum atomic E-state index is -2.67. The number of rotatable bonds is 5. The zero-order chi connectivity index (χ0) is 24.5. The number of nitrogens with zero attached hydrogens (tertiary/aromatic N) is 3. The molecule has 0 unspecified atom stereocenters. The number of aromatic nitrogens is 3. The van der Waals surface area contributed by atoms with Crippen LogP contribution in [0.2, 0.25) is 0 Å².